The number of halogens is 4. The van der Waals surface area contributed by atoms with Crippen LogP contribution in [-0.4, -0.2) is 69.1 Å². The Balaban J connectivity index is 1.78. The van der Waals surface area contributed by atoms with Crippen molar-refractivity contribution in [3.05, 3.63) is 74.4 Å². The Morgan fingerprint density at radius 2 is 1.87 bits per heavy atom. The molecule has 2 aliphatic heterocycles. The van der Waals surface area contributed by atoms with Gasteiger partial charge in [0.2, 0.25) is 5.91 Å². The van der Waals surface area contributed by atoms with E-state index in [1.165, 1.54) is 10.6 Å². The molecule has 2 aliphatic rings. The maximum atomic E-state index is 17.1. The molecule has 2 unspecified atom stereocenters. The van der Waals surface area contributed by atoms with Gasteiger partial charge in [-0.05, 0) is 50.0 Å². The number of carbonyl (C=O) groups excluding carboxylic acids is 1. The zero-order valence-corrected chi connectivity index (χ0v) is 28.1. The van der Waals surface area contributed by atoms with Gasteiger partial charge in [0.15, 0.2) is 17.3 Å². The summed E-state index contributed by atoms with van der Waals surface area (Å²) in [5, 5.41) is -0.192. The van der Waals surface area contributed by atoms with Crippen molar-refractivity contribution in [2.75, 3.05) is 42.2 Å². The number of pyridine rings is 2. The summed E-state index contributed by atoms with van der Waals surface area (Å²) in [6.45, 7) is 12.3. The maximum absolute atomic E-state index is 17.1. The van der Waals surface area contributed by atoms with E-state index in [0.29, 0.717) is 43.0 Å². The van der Waals surface area contributed by atoms with Crippen molar-refractivity contribution >= 4 is 57.3 Å². The number of rotatable bonds is 4. The van der Waals surface area contributed by atoms with Crippen molar-refractivity contribution < 1.29 is 13.6 Å². The molecule has 10 nitrogen and oxygen atoms in total. The minimum atomic E-state index is -1.000. The van der Waals surface area contributed by atoms with Crippen LogP contribution >= 0.6 is 23.2 Å². The molecule has 3 aromatic heterocycles. The number of hydrogen-bond donors (Lipinski definition) is 1. The number of amides is 1. The van der Waals surface area contributed by atoms with Crippen LogP contribution in [0.4, 0.5) is 26.0 Å². The van der Waals surface area contributed by atoms with Gasteiger partial charge in [-0.15, -0.1) is 0 Å². The summed E-state index contributed by atoms with van der Waals surface area (Å²) in [7, 11) is 1.70. The Labute approximate surface area is 280 Å². The van der Waals surface area contributed by atoms with Gasteiger partial charge in [0.25, 0.3) is 0 Å². The number of hydrogen-bond acceptors (Lipinski definition) is 8. The minimum absolute atomic E-state index is 0.0315. The molecule has 246 valence electrons. The first-order valence-corrected chi connectivity index (χ1v) is 16.0. The summed E-state index contributed by atoms with van der Waals surface area (Å²) in [6.07, 6.45) is 3.43. The van der Waals surface area contributed by atoms with Crippen molar-refractivity contribution in [1.82, 2.24) is 24.4 Å². The highest BCUT2D eigenvalue weighted by Crippen LogP contribution is 2.45. The second-order valence-electron chi connectivity index (χ2n) is 12.4. The number of aromatic nitrogens is 4. The fraction of sp³-hybridized carbons (Fsp3) is 0.364. The highest BCUT2D eigenvalue weighted by atomic mass is 35.5. The molecule has 47 heavy (non-hydrogen) atoms. The van der Waals surface area contributed by atoms with E-state index in [4.69, 9.17) is 33.9 Å². The monoisotopic (exact) mass is 682 g/mol. The van der Waals surface area contributed by atoms with E-state index in [2.05, 4.69) is 16.5 Å². The van der Waals surface area contributed by atoms with Gasteiger partial charge in [0, 0.05) is 45.0 Å². The molecule has 1 aromatic carbocycles. The van der Waals surface area contributed by atoms with Gasteiger partial charge in [0.1, 0.15) is 11.5 Å². The first kappa shape index (κ1) is 32.6. The topological polar surface area (TPSA) is 113 Å². The summed E-state index contributed by atoms with van der Waals surface area (Å²) in [5.41, 5.74) is 6.28. The molecule has 0 spiro atoms. The van der Waals surface area contributed by atoms with Crippen LogP contribution in [0.2, 0.25) is 10.0 Å². The van der Waals surface area contributed by atoms with E-state index < -0.39 is 28.6 Å². The van der Waals surface area contributed by atoms with Crippen molar-refractivity contribution in [3.63, 3.8) is 0 Å². The van der Waals surface area contributed by atoms with Crippen molar-refractivity contribution in [3.8, 4) is 16.9 Å². The van der Waals surface area contributed by atoms with Crippen LogP contribution in [-0.2, 0) is 4.79 Å². The number of piperazine rings is 1. The van der Waals surface area contributed by atoms with Crippen LogP contribution in [0.15, 0.2) is 35.8 Å². The lowest BCUT2D eigenvalue weighted by atomic mass is 9.99. The second kappa shape index (κ2) is 12.1. The number of carbonyl (C=O) groups is 1. The fourth-order valence-corrected chi connectivity index (χ4v) is 7.14. The molecule has 0 bridgehead atoms. The quantitative estimate of drug-likeness (QED) is 0.162. The van der Waals surface area contributed by atoms with Gasteiger partial charge >= 0.3 is 5.69 Å². The Kier molecular flexibility index (Phi) is 8.38. The van der Waals surface area contributed by atoms with Gasteiger partial charge < -0.3 is 20.4 Å². The predicted octanol–water partition coefficient (Wildman–Crippen LogP) is 5.87. The first-order chi connectivity index (χ1) is 22.3. The van der Waals surface area contributed by atoms with E-state index in [1.54, 1.807) is 29.1 Å². The Hall–Kier alpha value is -4.29. The molecule has 1 amide bonds. The molecule has 0 saturated carbocycles. The number of nitrogen functional groups attached to an aromatic ring is 1. The third-order valence-electron chi connectivity index (χ3n) is 9.04. The molecule has 1 fully saturated rings. The first-order valence-electron chi connectivity index (χ1n) is 15.2. The van der Waals surface area contributed by atoms with E-state index in [0.717, 1.165) is 6.07 Å². The van der Waals surface area contributed by atoms with E-state index >= 15 is 8.78 Å². The largest absolute Gasteiger partial charge is 0.397 e. The summed E-state index contributed by atoms with van der Waals surface area (Å²) < 4.78 is 34.2. The molecule has 5 heterocycles. The average molecular weight is 684 g/mol. The van der Waals surface area contributed by atoms with Crippen LogP contribution < -0.4 is 21.2 Å². The maximum Gasteiger partial charge on any atom is 0.355 e. The molecule has 1 saturated heterocycles. The molecule has 14 heteroatoms. The van der Waals surface area contributed by atoms with Crippen LogP contribution in [0.25, 0.3) is 28.0 Å². The lowest BCUT2D eigenvalue weighted by Gasteiger charge is -2.47. The molecule has 0 radical (unpaired) electrons. The second-order valence-corrected chi connectivity index (χ2v) is 13.2. The number of fused-ring (bicyclic) bond motifs is 2. The van der Waals surface area contributed by atoms with Crippen molar-refractivity contribution in [2.24, 2.45) is 0 Å². The van der Waals surface area contributed by atoms with E-state index in [-0.39, 0.29) is 62.2 Å². The standard InChI is InChI=1S/C33H34Cl2F2N8O2/c1-7-21(46)43-14-18-9-11-42(6)30-23-31(44(18)13-17(43)5)41-33(47)45(29-16(4)8-10-39-27(29)15(2)3)32(23)40-28(25(30)37)22-24(36)19(34)12-20(35)26(22)38/h7-8,10,12,15,17-18H,1,9,11,13-14,38H2,2-6H3. The van der Waals surface area contributed by atoms with Gasteiger partial charge in [-0.3, -0.25) is 9.78 Å². The molecule has 2 atom stereocenters. The molecule has 2 N–H and O–H groups in total. The van der Waals surface area contributed by atoms with Gasteiger partial charge in [0.05, 0.1) is 43.8 Å². The Morgan fingerprint density at radius 1 is 1.15 bits per heavy atom. The summed E-state index contributed by atoms with van der Waals surface area (Å²) >= 11 is 12.5. The molecular formula is C33H34Cl2F2N8O2. The number of anilines is 3. The zero-order chi connectivity index (χ0) is 34.1. The van der Waals surface area contributed by atoms with Crippen LogP contribution in [0.3, 0.4) is 0 Å². The lowest BCUT2D eigenvalue weighted by molar-refractivity contribution is -0.128. The number of benzene rings is 1. The summed E-state index contributed by atoms with van der Waals surface area (Å²) in [6, 6.07) is 2.37. The van der Waals surface area contributed by atoms with E-state index in [9.17, 15) is 9.59 Å². The molecule has 0 aliphatic carbocycles. The van der Waals surface area contributed by atoms with Gasteiger partial charge in [-0.2, -0.15) is 4.98 Å². The summed E-state index contributed by atoms with van der Waals surface area (Å²) in [4.78, 5) is 46.3. The highest BCUT2D eigenvalue weighted by molar-refractivity contribution is 6.37. The zero-order valence-electron chi connectivity index (χ0n) is 26.6. The number of nitrogens with two attached hydrogens (primary N) is 1. The van der Waals surface area contributed by atoms with Gasteiger partial charge in [-0.25, -0.2) is 23.1 Å². The van der Waals surface area contributed by atoms with Crippen LogP contribution in [0, 0.1) is 18.6 Å². The number of aryl methyl sites for hydroxylation is 1. The highest BCUT2D eigenvalue weighted by Gasteiger charge is 2.39. The van der Waals surface area contributed by atoms with Gasteiger partial charge in [-0.1, -0.05) is 43.6 Å². The SMILES string of the molecule is C=CC(=O)N1CC2CCN(C)c3c(F)c(-c4c(N)c(Cl)cc(Cl)c4F)nc4c3c(nc(=O)n4-c3c(C)ccnc3C(C)C)N2CC1C. The van der Waals surface area contributed by atoms with Crippen LogP contribution in [0.1, 0.15) is 44.4 Å². The predicted molar refractivity (Wildman–Crippen MR) is 182 cm³/mol. The van der Waals surface area contributed by atoms with E-state index in [1.807, 2.05) is 32.6 Å². The van der Waals surface area contributed by atoms with Crippen molar-refractivity contribution in [2.45, 2.75) is 52.1 Å². The minimum Gasteiger partial charge on any atom is -0.397 e. The third kappa shape index (κ3) is 5.18. The molecule has 4 aromatic rings. The summed E-state index contributed by atoms with van der Waals surface area (Å²) in [5.74, 6) is -1.98. The Morgan fingerprint density at radius 3 is 2.55 bits per heavy atom. The Bertz CT molecular complexity index is 2010. The average Bonchev–Trinajstić information content (AvgIpc) is 3.02. The number of nitrogens with zero attached hydrogens (tertiary/aromatic N) is 7. The normalized spacial score (nSPS) is 18.0. The third-order valence-corrected chi connectivity index (χ3v) is 9.63. The smallest absolute Gasteiger partial charge is 0.355 e. The molecular weight excluding hydrogens is 649 g/mol. The van der Waals surface area contributed by atoms with Crippen LogP contribution in [0.5, 0.6) is 0 Å². The van der Waals surface area contributed by atoms with Crippen molar-refractivity contribution in [1.29, 1.82) is 0 Å². The molecule has 6 rings (SSSR count). The fourth-order valence-electron chi connectivity index (χ4n) is 6.68. The lowest BCUT2D eigenvalue weighted by Crippen LogP contribution is -2.60.